The fourth-order valence-electron chi connectivity index (χ4n) is 1.05. The molecule has 0 atom stereocenters. The largest absolute Gasteiger partial charge is 0.366 e. The van der Waals surface area contributed by atoms with Crippen molar-refractivity contribution in [2.75, 3.05) is 5.32 Å². The molecule has 0 saturated carbocycles. The Morgan fingerprint density at radius 1 is 1.41 bits per heavy atom. The average Bonchev–Trinajstić information content (AvgIpc) is 2.32. The highest BCUT2D eigenvalue weighted by Gasteiger charge is 2.06. The molecule has 0 aromatic heterocycles. The first-order valence-electron chi connectivity index (χ1n) is 4.44. The highest BCUT2D eigenvalue weighted by Crippen LogP contribution is 2.20. The van der Waals surface area contributed by atoms with E-state index in [1.54, 1.807) is 18.2 Å². The molecule has 5 nitrogen and oxygen atoms in total. The molecule has 1 rings (SSSR count). The summed E-state index contributed by atoms with van der Waals surface area (Å²) < 4.78 is 0. The van der Waals surface area contributed by atoms with E-state index in [0.29, 0.717) is 5.69 Å². The smallest absolute Gasteiger partial charge is 0.250 e. The average molecular weight is 247 g/mol. The predicted octanol–water partition coefficient (Wildman–Crippen LogP) is 1.78. The van der Waals surface area contributed by atoms with Gasteiger partial charge in [-0.2, -0.15) is 10.5 Å². The summed E-state index contributed by atoms with van der Waals surface area (Å²) >= 11 is 5.76. The summed E-state index contributed by atoms with van der Waals surface area (Å²) in [5.74, 6) is -0.650. The van der Waals surface area contributed by atoms with Crippen LogP contribution >= 0.6 is 11.6 Å². The Bertz CT molecular complexity index is 550. The highest BCUT2D eigenvalue weighted by atomic mass is 35.5. The van der Waals surface area contributed by atoms with Crippen LogP contribution in [0, 0.1) is 22.7 Å². The second kappa shape index (κ2) is 5.55. The number of hydrogen-bond acceptors (Lipinski definition) is 4. The highest BCUT2D eigenvalue weighted by molar-refractivity contribution is 6.33. The number of carbonyl (C=O) groups is 1. The number of benzene rings is 1. The SMILES string of the molecule is N#CC(C#N)=CNc1ccc(Cl)c(C(N)=O)c1. The Hall–Kier alpha value is -2.50. The van der Waals surface area contributed by atoms with E-state index in [1.165, 1.54) is 18.3 Å². The minimum absolute atomic E-state index is 0.0828. The quantitative estimate of drug-likeness (QED) is 0.794. The summed E-state index contributed by atoms with van der Waals surface area (Å²) in [6.07, 6.45) is 1.23. The molecule has 17 heavy (non-hydrogen) atoms. The van der Waals surface area contributed by atoms with E-state index >= 15 is 0 Å². The fourth-order valence-corrected chi connectivity index (χ4v) is 1.26. The molecule has 3 N–H and O–H groups in total. The van der Waals surface area contributed by atoms with Crippen molar-refractivity contribution in [3.8, 4) is 12.1 Å². The van der Waals surface area contributed by atoms with E-state index in [2.05, 4.69) is 5.32 Å². The van der Waals surface area contributed by atoms with E-state index in [9.17, 15) is 4.79 Å². The Labute approximate surface area is 103 Å². The van der Waals surface area contributed by atoms with Gasteiger partial charge in [-0.15, -0.1) is 0 Å². The minimum Gasteiger partial charge on any atom is -0.366 e. The molecule has 0 fully saturated rings. The maximum absolute atomic E-state index is 11.0. The van der Waals surface area contributed by atoms with Gasteiger partial charge in [-0.05, 0) is 18.2 Å². The fraction of sp³-hybridized carbons (Fsp3) is 0. The van der Waals surface area contributed by atoms with Gasteiger partial charge >= 0.3 is 0 Å². The topological polar surface area (TPSA) is 103 Å². The van der Waals surface area contributed by atoms with Gasteiger partial charge < -0.3 is 11.1 Å². The lowest BCUT2D eigenvalue weighted by atomic mass is 10.2. The van der Waals surface area contributed by atoms with Crippen LogP contribution in [0.4, 0.5) is 5.69 Å². The van der Waals surface area contributed by atoms with E-state index < -0.39 is 5.91 Å². The monoisotopic (exact) mass is 246 g/mol. The molecular weight excluding hydrogens is 240 g/mol. The number of amides is 1. The lowest BCUT2D eigenvalue weighted by molar-refractivity contribution is 0.100. The van der Waals surface area contributed by atoms with Crippen molar-refractivity contribution in [1.82, 2.24) is 0 Å². The summed E-state index contributed by atoms with van der Waals surface area (Å²) in [5, 5.41) is 20.0. The zero-order valence-corrected chi connectivity index (χ0v) is 9.32. The zero-order valence-electron chi connectivity index (χ0n) is 8.57. The van der Waals surface area contributed by atoms with Crippen molar-refractivity contribution < 1.29 is 4.79 Å². The number of nitrogens with one attached hydrogen (secondary N) is 1. The van der Waals surface area contributed by atoms with Gasteiger partial charge in [-0.3, -0.25) is 4.79 Å². The standard InChI is InChI=1S/C11H7ClN4O/c12-10-2-1-8(3-9(10)11(15)17)16-6-7(4-13)5-14/h1-3,6,16H,(H2,15,17). The van der Waals surface area contributed by atoms with Crippen molar-refractivity contribution >= 4 is 23.2 Å². The van der Waals surface area contributed by atoms with Gasteiger partial charge in [-0.25, -0.2) is 0 Å². The molecule has 0 bridgehead atoms. The van der Waals surface area contributed by atoms with Crippen LogP contribution in [0.2, 0.25) is 5.02 Å². The first-order valence-corrected chi connectivity index (χ1v) is 4.82. The number of rotatable bonds is 3. The first kappa shape index (κ1) is 12.6. The Balaban J connectivity index is 3.00. The van der Waals surface area contributed by atoms with Crippen molar-refractivity contribution in [3.05, 3.63) is 40.6 Å². The van der Waals surface area contributed by atoms with Crippen molar-refractivity contribution in [2.45, 2.75) is 0 Å². The number of carbonyl (C=O) groups excluding carboxylic acids is 1. The summed E-state index contributed by atoms with van der Waals surface area (Å²) in [5.41, 5.74) is 5.71. The second-order valence-electron chi connectivity index (χ2n) is 2.98. The van der Waals surface area contributed by atoms with Crippen LogP contribution in [0.5, 0.6) is 0 Å². The zero-order chi connectivity index (χ0) is 12.8. The number of nitrogens with two attached hydrogens (primary N) is 1. The van der Waals surface area contributed by atoms with Crippen molar-refractivity contribution in [1.29, 1.82) is 10.5 Å². The normalized spacial score (nSPS) is 8.65. The van der Waals surface area contributed by atoms with Crippen LogP contribution in [0.1, 0.15) is 10.4 Å². The number of anilines is 1. The van der Waals surface area contributed by atoms with Crippen LogP contribution in [-0.2, 0) is 0 Å². The van der Waals surface area contributed by atoms with Gasteiger partial charge in [0.25, 0.3) is 0 Å². The number of halogens is 1. The molecule has 0 radical (unpaired) electrons. The van der Waals surface area contributed by atoms with Crippen LogP contribution in [-0.4, -0.2) is 5.91 Å². The Morgan fingerprint density at radius 3 is 2.59 bits per heavy atom. The van der Waals surface area contributed by atoms with E-state index in [0.717, 1.165) is 0 Å². The molecule has 0 heterocycles. The molecule has 84 valence electrons. The third-order valence-electron chi connectivity index (χ3n) is 1.86. The van der Waals surface area contributed by atoms with Gasteiger partial charge in [0.05, 0.1) is 10.6 Å². The van der Waals surface area contributed by atoms with Crippen LogP contribution < -0.4 is 11.1 Å². The van der Waals surface area contributed by atoms with Crippen LogP contribution in [0.25, 0.3) is 0 Å². The minimum atomic E-state index is -0.650. The maximum atomic E-state index is 11.0. The lowest BCUT2D eigenvalue weighted by Crippen LogP contribution is -2.11. The number of allylic oxidation sites excluding steroid dienone is 1. The van der Waals surface area contributed by atoms with Crippen molar-refractivity contribution in [3.63, 3.8) is 0 Å². The second-order valence-corrected chi connectivity index (χ2v) is 3.39. The number of nitriles is 2. The van der Waals surface area contributed by atoms with E-state index in [-0.39, 0.29) is 16.2 Å². The molecule has 1 aromatic carbocycles. The van der Waals surface area contributed by atoms with E-state index in [1.807, 2.05) is 0 Å². The summed E-state index contributed by atoms with van der Waals surface area (Å²) in [6, 6.07) is 7.91. The molecule has 0 spiro atoms. The first-order chi connectivity index (χ1) is 8.08. The van der Waals surface area contributed by atoms with Gasteiger partial charge in [0, 0.05) is 11.9 Å². The van der Waals surface area contributed by atoms with Gasteiger partial charge in [0.2, 0.25) is 5.91 Å². The molecule has 1 amide bonds. The third-order valence-corrected chi connectivity index (χ3v) is 2.19. The molecule has 1 aromatic rings. The Kier molecular flexibility index (Phi) is 4.10. The molecule has 0 aliphatic heterocycles. The molecule has 0 aliphatic rings. The van der Waals surface area contributed by atoms with Gasteiger partial charge in [-0.1, -0.05) is 11.6 Å². The third kappa shape index (κ3) is 3.23. The van der Waals surface area contributed by atoms with Gasteiger partial charge in [0.1, 0.15) is 17.7 Å². The number of primary amides is 1. The number of nitrogens with zero attached hydrogens (tertiary/aromatic N) is 2. The molecule has 6 heteroatoms. The van der Waals surface area contributed by atoms with Crippen LogP contribution in [0.15, 0.2) is 30.0 Å². The Morgan fingerprint density at radius 2 is 2.06 bits per heavy atom. The van der Waals surface area contributed by atoms with E-state index in [4.69, 9.17) is 27.9 Å². The molecule has 0 saturated heterocycles. The molecular formula is C11H7ClN4O. The van der Waals surface area contributed by atoms with Crippen molar-refractivity contribution in [2.24, 2.45) is 5.73 Å². The lowest BCUT2D eigenvalue weighted by Gasteiger charge is -2.04. The molecule has 0 aliphatic carbocycles. The summed E-state index contributed by atoms with van der Waals surface area (Å²) in [7, 11) is 0. The number of hydrogen-bond donors (Lipinski definition) is 2. The van der Waals surface area contributed by atoms with Crippen LogP contribution in [0.3, 0.4) is 0 Å². The predicted molar refractivity (Wildman–Crippen MR) is 62.9 cm³/mol. The molecule has 0 unspecified atom stereocenters. The maximum Gasteiger partial charge on any atom is 0.250 e. The summed E-state index contributed by atoms with van der Waals surface area (Å²) in [4.78, 5) is 11.0. The van der Waals surface area contributed by atoms with Gasteiger partial charge in [0.15, 0.2) is 0 Å². The summed E-state index contributed by atoms with van der Waals surface area (Å²) in [6.45, 7) is 0.